The Morgan fingerprint density at radius 2 is 1.84 bits per heavy atom. The molecule has 2 aromatic carbocycles. The minimum Gasteiger partial charge on any atom is -0.434 e. The summed E-state index contributed by atoms with van der Waals surface area (Å²) in [6, 6.07) is 11.8. The summed E-state index contributed by atoms with van der Waals surface area (Å²) in [7, 11) is 0. The summed E-state index contributed by atoms with van der Waals surface area (Å²) in [4.78, 5) is 20.8. The van der Waals surface area contributed by atoms with Crippen molar-refractivity contribution in [3.05, 3.63) is 65.8 Å². The van der Waals surface area contributed by atoms with E-state index in [0.717, 1.165) is 13.0 Å². The van der Waals surface area contributed by atoms with Crippen LogP contribution >= 0.6 is 0 Å². The van der Waals surface area contributed by atoms with Crippen LogP contribution in [0, 0.1) is 5.82 Å². The molecule has 0 N–H and O–H groups in total. The van der Waals surface area contributed by atoms with Gasteiger partial charge in [0.05, 0.1) is 12.1 Å². The number of benzene rings is 2. The average Bonchev–Trinajstić information content (AvgIpc) is 3.11. The summed E-state index contributed by atoms with van der Waals surface area (Å²) in [5.41, 5.74) is 0.765. The van der Waals surface area contributed by atoms with Crippen LogP contribution in [0.1, 0.15) is 22.7 Å². The molecule has 0 spiro atoms. The predicted molar refractivity (Wildman–Crippen MR) is 109 cm³/mol. The maximum atomic E-state index is 13.1. The Morgan fingerprint density at radius 1 is 1.06 bits per heavy atom. The van der Waals surface area contributed by atoms with E-state index in [-0.39, 0.29) is 23.3 Å². The Bertz CT molecular complexity index is 1060. The van der Waals surface area contributed by atoms with Gasteiger partial charge >= 0.3 is 6.61 Å². The standard InChI is InChI=1S/C22H21F3N4O3/c23-16-8-6-15(7-9-16)21(30)29-11-3-10-28(12-13-29)14-19-26-20(27-32-19)17-4-1-2-5-18(17)31-22(24)25/h1-2,4-9,22H,3,10-14H2. The monoisotopic (exact) mass is 446 g/mol. The number of aromatic nitrogens is 2. The number of hydrogen-bond acceptors (Lipinski definition) is 6. The zero-order chi connectivity index (χ0) is 22.5. The average molecular weight is 446 g/mol. The Kier molecular flexibility index (Phi) is 6.69. The molecule has 168 valence electrons. The highest BCUT2D eigenvalue weighted by atomic mass is 19.3. The molecule has 3 aromatic rings. The highest BCUT2D eigenvalue weighted by molar-refractivity contribution is 5.94. The number of carbonyl (C=O) groups excluding carboxylic acids is 1. The van der Waals surface area contributed by atoms with Crippen molar-refractivity contribution in [1.29, 1.82) is 0 Å². The van der Waals surface area contributed by atoms with Crippen LogP contribution in [-0.2, 0) is 6.54 Å². The molecule has 1 fully saturated rings. The number of ether oxygens (including phenoxy) is 1. The van der Waals surface area contributed by atoms with Crippen LogP contribution < -0.4 is 4.74 Å². The molecule has 1 aliphatic rings. The number of para-hydroxylation sites is 1. The second-order valence-corrected chi connectivity index (χ2v) is 7.32. The van der Waals surface area contributed by atoms with Crippen molar-refractivity contribution in [3.63, 3.8) is 0 Å². The van der Waals surface area contributed by atoms with Gasteiger partial charge in [0, 0.05) is 31.7 Å². The Balaban J connectivity index is 1.38. The first-order valence-electron chi connectivity index (χ1n) is 10.1. The molecule has 0 saturated carbocycles. The highest BCUT2D eigenvalue weighted by Gasteiger charge is 2.22. The molecular formula is C22H21F3N4O3. The lowest BCUT2D eigenvalue weighted by molar-refractivity contribution is -0.0494. The molecule has 32 heavy (non-hydrogen) atoms. The fourth-order valence-electron chi connectivity index (χ4n) is 3.58. The molecule has 1 amide bonds. The van der Waals surface area contributed by atoms with E-state index in [4.69, 9.17) is 4.52 Å². The van der Waals surface area contributed by atoms with Crippen molar-refractivity contribution in [2.75, 3.05) is 26.2 Å². The Hall–Kier alpha value is -3.40. The number of rotatable bonds is 6. The van der Waals surface area contributed by atoms with E-state index in [1.807, 2.05) is 0 Å². The van der Waals surface area contributed by atoms with E-state index in [1.165, 1.54) is 30.3 Å². The minimum atomic E-state index is -2.96. The molecule has 1 aliphatic heterocycles. The summed E-state index contributed by atoms with van der Waals surface area (Å²) in [5.74, 6) is -0.0441. The zero-order valence-electron chi connectivity index (χ0n) is 17.1. The van der Waals surface area contributed by atoms with E-state index in [9.17, 15) is 18.0 Å². The molecule has 1 aromatic heterocycles. The third kappa shape index (κ3) is 5.25. The first kappa shape index (κ1) is 21.8. The van der Waals surface area contributed by atoms with E-state index in [1.54, 1.807) is 23.1 Å². The van der Waals surface area contributed by atoms with Gasteiger partial charge in [-0.25, -0.2) is 4.39 Å². The lowest BCUT2D eigenvalue weighted by atomic mass is 10.2. The number of nitrogens with zero attached hydrogens (tertiary/aromatic N) is 4. The van der Waals surface area contributed by atoms with Crippen molar-refractivity contribution in [2.24, 2.45) is 0 Å². The van der Waals surface area contributed by atoms with Crippen molar-refractivity contribution in [1.82, 2.24) is 19.9 Å². The first-order valence-corrected chi connectivity index (χ1v) is 10.1. The molecule has 4 rings (SSSR count). The number of amides is 1. The summed E-state index contributed by atoms with van der Waals surface area (Å²) < 4.78 is 48.2. The fourth-order valence-corrected chi connectivity index (χ4v) is 3.58. The SMILES string of the molecule is O=C(c1ccc(F)cc1)N1CCCN(Cc2nc(-c3ccccc3OC(F)F)no2)CC1. The van der Waals surface area contributed by atoms with Gasteiger partial charge in [-0.15, -0.1) is 0 Å². The Labute approximate surface area is 182 Å². The van der Waals surface area contributed by atoms with E-state index >= 15 is 0 Å². The highest BCUT2D eigenvalue weighted by Crippen LogP contribution is 2.29. The van der Waals surface area contributed by atoms with E-state index in [2.05, 4.69) is 19.8 Å². The molecule has 0 atom stereocenters. The van der Waals surface area contributed by atoms with Gasteiger partial charge in [0.1, 0.15) is 11.6 Å². The predicted octanol–water partition coefficient (Wildman–Crippen LogP) is 3.83. The fraction of sp³-hybridized carbons (Fsp3) is 0.318. The lowest BCUT2D eigenvalue weighted by Crippen LogP contribution is -2.35. The second-order valence-electron chi connectivity index (χ2n) is 7.32. The number of hydrogen-bond donors (Lipinski definition) is 0. The summed E-state index contributed by atoms with van der Waals surface area (Å²) in [6.45, 7) is -0.197. The van der Waals surface area contributed by atoms with Crippen molar-refractivity contribution < 1.29 is 27.2 Å². The number of alkyl halides is 2. The molecule has 1 saturated heterocycles. The van der Waals surface area contributed by atoms with Gasteiger partial charge < -0.3 is 14.2 Å². The van der Waals surface area contributed by atoms with Crippen molar-refractivity contribution in [3.8, 4) is 17.1 Å². The van der Waals surface area contributed by atoms with Crippen molar-refractivity contribution in [2.45, 2.75) is 19.6 Å². The van der Waals surface area contributed by atoms with Crippen LogP contribution in [0.5, 0.6) is 5.75 Å². The normalized spacial score (nSPS) is 15.1. The second kappa shape index (κ2) is 9.82. The third-order valence-corrected chi connectivity index (χ3v) is 5.14. The maximum absolute atomic E-state index is 13.1. The Morgan fingerprint density at radius 3 is 2.62 bits per heavy atom. The van der Waals surface area contributed by atoms with Crippen LogP contribution in [0.4, 0.5) is 13.2 Å². The summed E-state index contributed by atoms with van der Waals surface area (Å²) >= 11 is 0. The van der Waals surface area contributed by atoms with Gasteiger partial charge in [-0.05, 0) is 42.8 Å². The summed E-state index contributed by atoms with van der Waals surface area (Å²) in [5, 5.41) is 3.90. The van der Waals surface area contributed by atoms with E-state index < -0.39 is 6.61 Å². The first-order chi connectivity index (χ1) is 15.5. The van der Waals surface area contributed by atoms with Crippen LogP contribution in [0.2, 0.25) is 0 Å². The van der Waals surface area contributed by atoms with Gasteiger partial charge in [0.2, 0.25) is 11.7 Å². The van der Waals surface area contributed by atoms with E-state index in [0.29, 0.717) is 43.2 Å². The van der Waals surface area contributed by atoms with Gasteiger partial charge in [-0.3, -0.25) is 9.69 Å². The van der Waals surface area contributed by atoms with Gasteiger partial charge in [-0.1, -0.05) is 17.3 Å². The maximum Gasteiger partial charge on any atom is 0.387 e. The quantitative estimate of drug-likeness (QED) is 0.573. The lowest BCUT2D eigenvalue weighted by Gasteiger charge is -2.21. The van der Waals surface area contributed by atoms with Gasteiger partial charge in [0.15, 0.2) is 0 Å². The van der Waals surface area contributed by atoms with Gasteiger partial charge in [0.25, 0.3) is 5.91 Å². The van der Waals surface area contributed by atoms with Crippen LogP contribution in [0.25, 0.3) is 11.4 Å². The molecule has 0 unspecified atom stereocenters. The molecule has 0 radical (unpaired) electrons. The van der Waals surface area contributed by atoms with Crippen LogP contribution in [-0.4, -0.2) is 58.6 Å². The van der Waals surface area contributed by atoms with Crippen molar-refractivity contribution >= 4 is 5.91 Å². The number of carbonyl (C=O) groups is 1. The third-order valence-electron chi connectivity index (χ3n) is 5.14. The molecular weight excluding hydrogens is 425 g/mol. The largest absolute Gasteiger partial charge is 0.434 e. The zero-order valence-corrected chi connectivity index (χ0v) is 17.1. The smallest absolute Gasteiger partial charge is 0.387 e. The number of halogens is 3. The van der Waals surface area contributed by atoms with Crippen LogP contribution in [0.3, 0.4) is 0 Å². The topological polar surface area (TPSA) is 71.7 Å². The molecule has 0 bridgehead atoms. The molecule has 0 aliphatic carbocycles. The summed E-state index contributed by atoms with van der Waals surface area (Å²) in [6.07, 6.45) is 0.749. The minimum absolute atomic E-state index is 0.0282. The van der Waals surface area contributed by atoms with Gasteiger partial charge in [-0.2, -0.15) is 13.8 Å². The molecule has 10 heteroatoms. The molecule has 7 nitrogen and oxygen atoms in total. The van der Waals surface area contributed by atoms with Crippen LogP contribution in [0.15, 0.2) is 53.1 Å². The molecule has 2 heterocycles.